The molecule has 2 nitrogen and oxygen atoms in total. The maximum Gasteiger partial charge on any atom is 0.0870 e. The molecule has 1 saturated heterocycles. The first-order valence-corrected chi connectivity index (χ1v) is 6.08. The smallest absolute Gasteiger partial charge is 0.0870 e. The molecule has 1 heterocycles. The molecule has 0 aromatic rings. The molecule has 1 saturated carbocycles. The van der Waals surface area contributed by atoms with Gasteiger partial charge in [-0.05, 0) is 25.7 Å². The molecular weight excluding hydrogens is 200 g/mol. The van der Waals surface area contributed by atoms with E-state index in [1.807, 2.05) is 0 Å². The summed E-state index contributed by atoms with van der Waals surface area (Å²) in [5, 5.41) is 0. The van der Waals surface area contributed by atoms with Gasteiger partial charge in [-0.1, -0.05) is 6.42 Å². The zero-order valence-electron chi connectivity index (χ0n) is 8.80. The Morgan fingerprint density at radius 2 is 2.29 bits per heavy atom. The van der Waals surface area contributed by atoms with Crippen molar-refractivity contribution < 1.29 is 9.47 Å². The van der Waals surface area contributed by atoms with Gasteiger partial charge in [-0.15, -0.1) is 11.6 Å². The van der Waals surface area contributed by atoms with E-state index < -0.39 is 0 Å². The van der Waals surface area contributed by atoms with Gasteiger partial charge in [0.05, 0.1) is 17.6 Å². The van der Waals surface area contributed by atoms with E-state index in [9.17, 15) is 0 Å². The summed E-state index contributed by atoms with van der Waals surface area (Å²) in [4.78, 5) is 0. The highest BCUT2D eigenvalue weighted by Gasteiger charge is 2.47. The van der Waals surface area contributed by atoms with Crippen LogP contribution >= 0.6 is 11.6 Å². The highest BCUT2D eigenvalue weighted by atomic mass is 35.5. The van der Waals surface area contributed by atoms with Crippen molar-refractivity contribution in [1.29, 1.82) is 0 Å². The summed E-state index contributed by atoms with van der Waals surface area (Å²) >= 11 is 6.09. The van der Waals surface area contributed by atoms with E-state index in [0.717, 1.165) is 19.4 Å². The Kier molecular flexibility index (Phi) is 3.35. The van der Waals surface area contributed by atoms with Gasteiger partial charge in [0.15, 0.2) is 0 Å². The van der Waals surface area contributed by atoms with Crippen LogP contribution in [-0.4, -0.2) is 31.3 Å². The summed E-state index contributed by atoms with van der Waals surface area (Å²) in [5.74, 6) is 1.14. The molecule has 0 aromatic heterocycles. The lowest BCUT2D eigenvalue weighted by atomic mass is 9.84. The number of rotatable bonds is 3. The van der Waals surface area contributed by atoms with Gasteiger partial charge in [-0.2, -0.15) is 0 Å². The fourth-order valence-corrected chi connectivity index (χ4v) is 3.43. The molecule has 0 radical (unpaired) electrons. The standard InChI is InChI=1S/C11H19ClO2/c1-13-10-5-2-4-9(10)11(8-12)6-3-7-14-11/h9-10H,2-8H2,1H3. The van der Waals surface area contributed by atoms with Gasteiger partial charge >= 0.3 is 0 Å². The van der Waals surface area contributed by atoms with Crippen LogP contribution in [0.15, 0.2) is 0 Å². The molecule has 2 aliphatic rings. The second-order valence-electron chi connectivity index (χ2n) is 4.46. The second-order valence-corrected chi connectivity index (χ2v) is 4.73. The van der Waals surface area contributed by atoms with E-state index in [1.54, 1.807) is 7.11 Å². The third-order valence-corrected chi connectivity index (χ3v) is 4.24. The number of halogens is 1. The fraction of sp³-hybridized carbons (Fsp3) is 1.00. The SMILES string of the molecule is COC1CCCC1C1(CCl)CCCO1. The Labute approximate surface area is 90.9 Å². The van der Waals surface area contributed by atoms with Crippen molar-refractivity contribution in [2.45, 2.75) is 43.8 Å². The van der Waals surface area contributed by atoms with Crippen molar-refractivity contribution in [3.8, 4) is 0 Å². The largest absolute Gasteiger partial charge is 0.381 e. The van der Waals surface area contributed by atoms with Crippen molar-refractivity contribution >= 4 is 11.6 Å². The molecule has 1 aliphatic carbocycles. The molecule has 1 aliphatic heterocycles. The van der Waals surface area contributed by atoms with Crippen molar-refractivity contribution in [3.05, 3.63) is 0 Å². The summed E-state index contributed by atoms with van der Waals surface area (Å²) in [5.41, 5.74) is -0.0707. The molecule has 0 bridgehead atoms. The summed E-state index contributed by atoms with van der Waals surface area (Å²) < 4.78 is 11.4. The molecule has 0 N–H and O–H groups in total. The average Bonchev–Trinajstić information content (AvgIpc) is 2.86. The predicted octanol–water partition coefficient (Wildman–Crippen LogP) is 2.59. The molecule has 0 spiro atoms. The topological polar surface area (TPSA) is 18.5 Å². The van der Waals surface area contributed by atoms with E-state index in [1.165, 1.54) is 19.3 Å². The molecule has 3 heteroatoms. The summed E-state index contributed by atoms with van der Waals surface area (Å²) in [6.07, 6.45) is 6.27. The van der Waals surface area contributed by atoms with Gasteiger partial charge in [0.1, 0.15) is 0 Å². The molecule has 82 valence electrons. The van der Waals surface area contributed by atoms with Crippen molar-refractivity contribution in [2.24, 2.45) is 5.92 Å². The van der Waals surface area contributed by atoms with Crippen LogP contribution in [0.25, 0.3) is 0 Å². The molecule has 3 atom stereocenters. The lowest BCUT2D eigenvalue weighted by Gasteiger charge is -2.35. The summed E-state index contributed by atoms with van der Waals surface area (Å²) in [6, 6.07) is 0. The van der Waals surface area contributed by atoms with E-state index in [4.69, 9.17) is 21.1 Å². The van der Waals surface area contributed by atoms with Crippen LogP contribution in [0.3, 0.4) is 0 Å². The van der Waals surface area contributed by atoms with Crippen molar-refractivity contribution in [1.82, 2.24) is 0 Å². The Bertz CT molecular complexity index is 190. The lowest BCUT2D eigenvalue weighted by molar-refractivity contribution is -0.0712. The Morgan fingerprint density at radius 1 is 1.43 bits per heavy atom. The maximum absolute atomic E-state index is 6.09. The summed E-state index contributed by atoms with van der Waals surface area (Å²) in [6.45, 7) is 0.875. The van der Waals surface area contributed by atoms with Crippen molar-refractivity contribution in [2.75, 3.05) is 19.6 Å². The minimum atomic E-state index is -0.0707. The highest BCUT2D eigenvalue weighted by molar-refractivity contribution is 6.18. The molecule has 0 amide bonds. The number of hydrogen-bond acceptors (Lipinski definition) is 2. The van der Waals surface area contributed by atoms with Crippen LogP contribution in [0.2, 0.25) is 0 Å². The first kappa shape index (κ1) is 10.7. The number of ether oxygens (including phenoxy) is 2. The normalized spacial score (nSPS) is 43.3. The van der Waals surface area contributed by atoms with E-state index in [-0.39, 0.29) is 5.60 Å². The third kappa shape index (κ3) is 1.68. The number of alkyl halides is 1. The fourth-order valence-electron chi connectivity index (χ4n) is 3.03. The van der Waals surface area contributed by atoms with Crippen LogP contribution < -0.4 is 0 Å². The van der Waals surface area contributed by atoms with Crippen molar-refractivity contribution in [3.63, 3.8) is 0 Å². The molecule has 2 fully saturated rings. The molecule has 0 aromatic carbocycles. The lowest BCUT2D eigenvalue weighted by Crippen LogP contribution is -2.43. The van der Waals surface area contributed by atoms with E-state index >= 15 is 0 Å². The molecule has 2 rings (SSSR count). The molecular formula is C11H19ClO2. The van der Waals surface area contributed by atoms with Gasteiger partial charge in [-0.25, -0.2) is 0 Å². The van der Waals surface area contributed by atoms with Gasteiger partial charge in [0.2, 0.25) is 0 Å². The van der Waals surface area contributed by atoms with Gasteiger partial charge < -0.3 is 9.47 Å². The predicted molar refractivity (Wildman–Crippen MR) is 56.8 cm³/mol. The van der Waals surface area contributed by atoms with E-state index in [2.05, 4.69) is 0 Å². The van der Waals surface area contributed by atoms with Crippen LogP contribution in [0.4, 0.5) is 0 Å². The van der Waals surface area contributed by atoms with Crippen LogP contribution in [-0.2, 0) is 9.47 Å². The quantitative estimate of drug-likeness (QED) is 0.678. The zero-order chi connectivity index (χ0) is 10.0. The van der Waals surface area contributed by atoms with Crippen LogP contribution in [0, 0.1) is 5.92 Å². The van der Waals surface area contributed by atoms with Gasteiger partial charge in [0.25, 0.3) is 0 Å². The van der Waals surface area contributed by atoms with Gasteiger partial charge in [0, 0.05) is 19.6 Å². The first-order chi connectivity index (χ1) is 6.82. The summed E-state index contributed by atoms with van der Waals surface area (Å²) in [7, 11) is 1.81. The number of hydrogen-bond donors (Lipinski definition) is 0. The average molecular weight is 219 g/mol. The monoisotopic (exact) mass is 218 g/mol. The Hall–Kier alpha value is 0.210. The second kappa shape index (κ2) is 4.38. The molecule has 14 heavy (non-hydrogen) atoms. The Morgan fingerprint density at radius 3 is 2.86 bits per heavy atom. The number of methoxy groups -OCH3 is 1. The minimum absolute atomic E-state index is 0.0707. The maximum atomic E-state index is 6.09. The van der Waals surface area contributed by atoms with Crippen LogP contribution in [0.1, 0.15) is 32.1 Å². The highest BCUT2D eigenvalue weighted by Crippen LogP contribution is 2.44. The minimum Gasteiger partial charge on any atom is -0.381 e. The zero-order valence-corrected chi connectivity index (χ0v) is 9.55. The first-order valence-electron chi connectivity index (χ1n) is 5.55. The third-order valence-electron chi connectivity index (χ3n) is 3.79. The molecule has 3 unspecified atom stereocenters. The van der Waals surface area contributed by atoms with Crippen LogP contribution in [0.5, 0.6) is 0 Å². The van der Waals surface area contributed by atoms with Gasteiger partial charge in [-0.3, -0.25) is 0 Å². The Balaban J connectivity index is 2.10. The van der Waals surface area contributed by atoms with E-state index in [0.29, 0.717) is 17.9 Å².